The maximum absolute atomic E-state index is 5.80. The van der Waals surface area contributed by atoms with Gasteiger partial charge in [-0.3, -0.25) is 0 Å². The van der Waals surface area contributed by atoms with E-state index < -0.39 is 0 Å². The van der Waals surface area contributed by atoms with Gasteiger partial charge in [-0.15, -0.1) is 0 Å². The Morgan fingerprint density at radius 3 is 2.76 bits per heavy atom. The van der Waals surface area contributed by atoms with Crippen molar-refractivity contribution >= 4 is 0 Å². The van der Waals surface area contributed by atoms with Crippen LogP contribution in [0.3, 0.4) is 0 Å². The zero-order chi connectivity index (χ0) is 11.9. The number of benzene rings is 1. The van der Waals surface area contributed by atoms with E-state index in [1.54, 1.807) is 0 Å². The second-order valence-electron chi connectivity index (χ2n) is 4.33. The molecule has 2 rings (SSSR count). The lowest BCUT2D eigenvalue weighted by Crippen LogP contribution is -2.40. The Balaban J connectivity index is 2.06. The summed E-state index contributed by atoms with van der Waals surface area (Å²) in [6.07, 6.45) is 1.24. The molecule has 17 heavy (non-hydrogen) atoms. The molecule has 1 N–H and O–H groups in total. The first-order valence-corrected chi connectivity index (χ1v) is 6.39. The molecule has 0 amide bonds. The molecule has 1 aromatic rings. The summed E-state index contributed by atoms with van der Waals surface area (Å²) >= 11 is 0. The topological polar surface area (TPSA) is 30.5 Å². The summed E-state index contributed by atoms with van der Waals surface area (Å²) in [4.78, 5) is 0. The van der Waals surface area contributed by atoms with E-state index in [-0.39, 0.29) is 12.1 Å². The van der Waals surface area contributed by atoms with Gasteiger partial charge in [-0.1, -0.05) is 37.3 Å². The van der Waals surface area contributed by atoms with Crippen LogP contribution in [0.15, 0.2) is 30.3 Å². The zero-order valence-electron chi connectivity index (χ0n) is 10.4. The van der Waals surface area contributed by atoms with Crippen LogP contribution < -0.4 is 5.32 Å². The van der Waals surface area contributed by atoms with Crippen molar-refractivity contribution in [3.05, 3.63) is 35.9 Å². The molecule has 0 bridgehead atoms. The molecule has 1 saturated heterocycles. The van der Waals surface area contributed by atoms with Crippen molar-refractivity contribution in [1.29, 1.82) is 0 Å². The van der Waals surface area contributed by atoms with Crippen LogP contribution >= 0.6 is 0 Å². The normalized spacial score (nSPS) is 22.3. The molecule has 1 aliphatic rings. The highest BCUT2D eigenvalue weighted by Crippen LogP contribution is 2.21. The van der Waals surface area contributed by atoms with Gasteiger partial charge in [-0.05, 0) is 18.5 Å². The van der Waals surface area contributed by atoms with Gasteiger partial charge in [0.05, 0.1) is 25.9 Å². The first-order chi connectivity index (χ1) is 8.42. The smallest absolute Gasteiger partial charge is 0.100 e. The van der Waals surface area contributed by atoms with Gasteiger partial charge in [0.1, 0.15) is 6.10 Å². The van der Waals surface area contributed by atoms with Crippen LogP contribution in [0.1, 0.15) is 24.9 Å². The standard InChI is InChI=1S/C14H21NO2/c1-2-8-15-14(12-6-4-3-5-7-12)13-11-16-9-10-17-13/h3-7,13-15H,2,8-11H2,1H3. The summed E-state index contributed by atoms with van der Waals surface area (Å²) < 4.78 is 11.3. The van der Waals surface area contributed by atoms with E-state index in [0.29, 0.717) is 19.8 Å². The lowest BCUT2D eigenvalue weighted by atomic mass is 10.0. The SMILES string of the molecule is CCCNC(c1ccccc1)C1COCCO1. The molecule has 3 nitrogen and oxygen atoms in total. The molecule has 1 fully saturated rings. The summed E-state index contributed by atoms with van der Waals surface area (Å²) in [6, 6.07) is 10.7. The lowest BCUT2D eigenvalue weighted by molar-refractivity contribution is -0.102. The van der Waals surface area contributed by atoms with Gasteiger partial charge in [0.2, 0.25) is 0 Å². The molecular weight excluding hydrogens is 214 g/mol. The molecule has 2 unspecified atom stereocenters. The number of hydrogen-bond donors (Lipinski definition) is 1. The fraction of sp³-hybridized carbons (Fsp3) is 0.571. The van der Waals surface area contributed by atoms with Gasteiger partial charge < -0.3 is 14.8 Å². The molecule has 0 saturated carbocycles. The average molecular weight is 235 g/mol. The Hall–Kier alpha value is -0.900. The monoisotopic (exact) mass is 235 g/mol. The summed E-state index contributed by atoms with van der Waals surface area (Å²) in [6.45, 7) is 5.26. The molecule has 1 aliphatic heterocycles. The molecule has 0 aromatic heterocycles. The first kappa shape index (κ1) is 12.6. The maximum Gasteiger partial charge on any atom is 0.100 e. The highest BCUT2D eigenvalue weighted by atomic mass is 16.6. The number of hydrogen-bond acceptors (Lipinski definition) is 3. The van der Waals surface area contributed by atoms with Gasteiger partial charge in [-0.2, -0.15) is 0 Å². The van der Waals surface area contributed by atoms with Gasteiger partial charge in [-0.25, -0.2) is 0 Å². The summed E-state index contributed by atoms with van der Waals surface area (Å²) in [5.74, 6) is 0. The van der Waals surface area contributed by atoms with Crippen molar-refractivity contribution in [2.24, 2.45) is 0 Å². The quantitative estimate of drug-likeness (QED) is 0.848. The summed E-state index contributed by atoms with van der Waals surface area (Å²) in [5.41, 5.74) is 1.27. The van der Waals surface area contributed by atoms with Crippen molar-refractivity contribution < 1.29 is 9.47 Å². The predicted octanol–water partition coefficient (Wildman–Crippen LogP) is 2.14. The zero-order valence-corrected chi connectivity index (χ0v) is 10.4. The second kappa shape index (κ2) is 6.74. The summed E-state index contributed by atoms with van der Waals surface area (Å²) in [7, 11) is 0. The number of ether oxygens (including phenoxy) is 2. The Labute approximate surface area is 103 Å². The number of rotatable bonds is 5. The van der Waals surface area contributed by atoms with E-state index in [0.717, 1.165) is 13.0 Å². The van der Waals surface area contributed by atoms with E-state index in [1.807, 2.05) is 6.07 Å². The highest BCUT2D eigenvalue weighted by molar-refractivity contribution is 5.20. The minimum atomic E-state index is 0.123. The molecule has 1 heterocycles. The van der Waals surface area contributed by atoms with E-state index in [2.05, 4.69) is 36.5 Å². The van der Waals surface area contributed by atoms with Crippen molar-refractivity contribution in [1.82, 2.24) is 5.32 Å². The third-order valence-electron chi connectivity index (χ3n) is 2.99. The van der Waals surface area contributed by atoms with Crippen molar-refractivity contribution in [2.45, 2.75) is 25.5 Å². The molecule has 0 radical (unpaired) electrons. The van der Waals surface area contributed by atoms with Gasteiger partial charge in [0.25, 0.3) is 0 Å². The van der Waals surface area contributed by atoms with Crippen LogP contribution in [0.5, 0.6) is 0 Å². The van der Waals surface area contributed by atoms with Crippen LogP contribution in [-0.4, -0.2) is 32.5 Å². The minimum absolute atomic E-state index is 0.123. The highest BCUT2D eigenvalue weighted by Gasteiger charge is 2.25. The van der Waals surface area contributed by atoms with E-state index >= 15 is 0 Å². The van der Waals surface area contributed by atoms with Crippen LogP contribution in [0.25, 0.3) is 0 Å². The molecule has 1 aromatic carbocycles. The third kappa shape index (κ3) is 3.53. The molecule has 0 aliphatic carbocycles. The number of nitrogens with one attached hydrogen (secondary N) is 1. The Bertz CT molecular complexity index is 309. The Morgan fingerprint density at radius 2 is 2.12 bits per heavy atom. The van der Waals surface area contributed by atoms with Crippen LogP contribution in [0.2, 0.25) is 0 Å². The van der Waals surface area contributed by atoms with Crippen molar-refractivity contribution in [2.75, 3.05) is 26.4 Å². The van der Waals surface area contributed by atoms with Crippen molar-refractivity contribution in [3.8, 4) is 0 Å². The first-order valence-electron chi connectivity index (χ1n) is 6.39. The van der Waals surface area contributed by atoms with Crippen LogP contribution in [-0.2, 0) is 9.47 Å². The lowest BCUT2D eigenvalue weighted by Gasteiger charge is -2.31. The predicted molar refractivity (Wildman–Crippen MR) is 68.0 cm³/mol. The Morgan fingerprint density at radius 1 is 1.29 bits per heavy atom. The molecule has 2 atom stereocenters. The maximum atomic E-state index is 5.80. The molecule has 94 valence electrons. The third-order valence-corrected chi connectivity index (χ3v) is 2.99. The van der Waals surface area contributed by atoms with Crippen LogP contribution in [0.4, 0.5) is 0 Å². The van der Waals surface area contributed by atoms with E-state index in [9.17, 15) is 0 Å². The molecule has 0 spiro atoms. The van der Waals surface area contributed by atoms with Crippen molar-refractivity contribution in [3.63, 3.8) is 0 Å². The van der Waals surface area contributed by atoms with E-state index in [4.69, 9.17) is 9.47 Å². The van der Waals surface area contributed by atoms with Gasteiger partial charge >= 0.3 is 0 Å². The fourth-order valence-corrected chi connectivity index (χ4v) is 2.12. The average Bonchev–Trinajstić information content (AvgIpc) is 2.42. The fourth-order valence-electron chi connectivity index (χ4n) is 2.12. The van der Waals surface area contributed by atoms with Gasteiger partial charge in [0, 0.05) is 0 Å². The largest absolute Gasteiger partial charge is 0.376 e. The second-order valence-corrected chi connectivity index (χ2v) is 4.33. The van der Waals surface area contributed by atoms with Gasteiger partial charge in [0.15, 0.2) is 0 Å². The molecular formula is C14H21NO2. The van der Waals surface area contributed by atoms with Crippen LogP contribution in [0, 0.1) is 0 Å². The minimum Gasteiger partial charge on any atom is -0.376 e. The molecule has 3 heteroatoms. The Kier molecular flexibility index (Phi) is 4.98. The summed E-state index contributed by atoms with van der Waals surface area (Å²) in [5, 5.41) is 3.55. The van der Waals surface area contributed by atoms with E-state index in [1.165, 1.54) is 5.56 Å².